The van der Waals surface area contributed by atoms with Gasteiger partial charge >= 0.3 is 0 Å². The van der Waals surface area contributed by atoms with Gasteiger partial charge in [-0.25, -0.2) is 0 Å². The Labute approximate surface area is 126 Å². The van der Waals surface area contributed by atoms with Crippen LogP contribution in [-0.4, -0.2) is 5.75 Å². The van der Waals surface area contributed by atoms with Crippen molar-refractivity contribution in [3.05, 3.63) is 57.6 Å². The lowest BCUT2D eigenvalue weighted by Gasteiger charge is -2.18. The molecular weight excluding hydrogens is 318 g/mol. The third-order valence-electron chi connectivity index (χ3n) is 3.45. The minimum Gasteiger partial charge on any atom is -0.376 e. The number of nitrogens with one attached hydrogen (secondary N) is 1. The molecule has 1 nitrogen and oxygen atoms in total. The number of thioether (sulfide) groups is 1. The molecule has 0 fully saturated rings. The van der Waals surface area contributed by atoms with Crippen molar-refractivity contribution in [2.24, 2.45) is 0 Å². The van der Waals surface area contributed by atoms with Gasteiger partial charge in [0.1, 0.15) is 0 Å². The summed E-state index contributed by atoms with van der Waals surface area (Å²) >= 11 is 5.61. The lowest BCUT2D eigenvalue weighted by atomic mass is 10.1. The highest BCUT2D eigenvalue weighted by Crippen LogP contribution is 2.41. The summed E-state index contributed by atoms with van der Waals surface area (Å²) in [5, 5.41) is 3.69. The van der Waals surface area contributed by atoms with Gasteiger partial charge in [0.05, 0.1) is 11.7 Å². The van der Waals surface area contributed by atoms with E-state index in [1.54, 1.807) is 0 Å². The van der Waals surface area contributed by atoms with Crippen LogP contribution in [0.5, 0.6) is 0 Å². The smallest absolute Gasteiger partial charge is 0.0619 e. The Balaban J connectivity index is 1.92. The standard InChI is InChI=1S/C16H16BrNS/c1-10-7-11(2)16(13(17)8-10)18-14-9-19-15-6-4-3-5-12(14)15/h3-8,14,18H,9H2,1-2H3. The molecule has 2 aromatic carbocycles. The summed E-state index contributed by atoms with van der Waals surface area (Å²) in [5.74, 6) is 1.10. The summed E-state index contributed by atoms with van der Waals surface area (Å²) < 4.78 is 1.15. The summed E-state index contributed by atoms with van der Waals surface area (Å²) in [6.45, 7) is 4.29. The Morgan fingerprint density at radius 3 is 2.79 bits per heavy atom. The molecular formula is C16H16BrNS. The summed E-state index contributed by atoms with van der Waals surface area (Å²) in [7, 11) is 0. The van der Waals surface area contributed by atoms with E-state index in [1.807, 2.05) is 11.8 Å². The quantitative estimate of drug-likeness (QED) is 0.797. The average molecular weight is 334 g/mol. The van der Waals surface area contributed by atoms with E-state index in [1.165, 1.54) is 27.3 Å². The van der Waals surface area contributed by atoms with Gasteiger partial charge in [0.25, 0.3) is 0 Å². The largest absolute Gasteiger partial charge is 0.376 e. The van der Waals surface area contributed by atoms with Crippen LogP contribution in [0.3, 0.4) is 0 Å². The van der Waals surface area contributed by atoms with Crippen LogP contribution in [0.25, 0.3) is 0 Å². The zero-order valence-electron chi connectivity index (χ0n) is 11.0. The summed E-state index contributed by atoms with van der Waals surface area (Å²) in [6.07, 6.45) is 0. The second-order valence-electron chi connectivity index (χ2n) is 4.98. The molecule has 0 saturated heterocycles. The van der Waals surface area contributed by atoms with Crippen LogP contribution in [0.2, 0.25) is 0 Å². The van der Waals surface area contributed by atoms with E-state index >= 15 is 0 Å². The highest BCUT2D eigenvalue weighted by molar-refractivity contribution is 9.10. The van der Waals surface area contributed by atoms with Crippen molar-refractivity contribution < 1.29 is 0 Å². The molecule has 19 heavy (non-hydrogen) atoms. The number of benzene rings is 2. The molecule has 3 heteroatoms. The van der Waals surface area contributed by atoms with Gasteiger partial charge in [0.15, 0.2) is 0 Å². The molecule has 0 aliphatic carbocycles. The molecule has 0 bridgehead atoms. The van der Waals surface area contributed by atoms with E-state index in [9.17, 15) is 0 Å². The summed E-state index contributed by atoms with van der Waals surface area (Å²) in [6, 6.07) is 13.5. The van der Waals surface area contributed by atoms with E-state index < -0.39 is 0 Å². The molecule has 0 radical (unpaired) electrons. The first-order valence-corrected chi connectivity index (χ1v) is 8.18. The molecule has 2 aromatic rings. The minimum atomic E-state index is 0.402. The van der Waals surface area contributed by atoms with Gasteiger partial charge in [-0.2, -0.15) is 0 Å². The van der Waals surface area contributed by atoms with Crippen molar-refractivity contribution in [3.63, 3.8) is 0 Å². The molecule has 0 saturated carbocycles. The van der Waals surface area contributed by atoms with Gasteiger partial charge in [-0.05, 0) is 58.6 Å². The number of aryl methyl sites for hydroxylation is 2. The first-order chi connectivity index (χ1) is 9.15. The first-order valence-electron chi connectivity index (χ1n) is 6.40. The Kier molecular flexibility index (Phi) is 3.59. The van der Waals surface area contributed by atoms with Crippen molar-refractivity contribution in [3.8, 4) is 0 Å². The number of rotatable bonds is 2. The fourth-order valence-corrected chi connectivity index (χ4v) is 4.50. The van der Waals surface area contributed by atoms with Crippen LogP contribution >= 0.6 is 27.7 Å². The Bertz CT molecular complexity index is 601. The third kappa shape index (κ3) is 2.54. The van der Waals surface area contributed by atoms with Gasteiger partial charge in [-0.1, -0.05) is 24.3 Å². The van der Waals surface area contributed by atoms with Crippen molar-refractivity contribution in [2.75, 3.05) is 11.1 Å². The molecule has 1 atom stereocenters. The Morgan fingerprint density at radius 1 is 1.21 bits per heavy atom. The predicted molar refractivity (Wildman–Crippen MR) is 87.1 cm³/mol. The van der Waals surface area contributed by atoms with Gasteiger partial charge < -0.3 is 5.32 Å². The number of hydrogen-bond acceptors (Lipinski definition) is 2. The van der Waals surface area contributed by atoms with E-state index in [0.717, 1.165) is 10.2 Å². The molecule has 98 valence electrons. The second-order valence-corrected chi connectivity index (χ2v) is 6.90. The number of fused-ring (bicyclic) bond motifs is 1. The van der Waals surface area contributed by atoms with Crippen molar-refractivity contribution in [1.82, 2.24) is 0 Å². The molecule has 1 N–H and O–H groups in total. The monoisotopic (exact) mass is 333 g/mol. The maximum Gasteiger partial charge on any atom is 0.0619 e. The van der Waals surface area contributed by atoms with Crippen LogP contribution in [0.1, 0.15) is 22.7 Å². The zero-order valence-corrected chi connectivity index (χ0v) is 13.4. The van der Waals surface area contributed by atoms with E-state index in [-0.39, 0.29) is 0 Å². The fraction of sp³-hybridized carbons (Fsp3) is 0.250. The van der Waals surface area contributed by atoms with E-state index in [2.05, 4.69) is 71.5 Å². The Hall–Kier alpha value is -0.930. The van der Waals surface area contributed by atoms with Crippen LogP contribution in [0.4, 0.5) is 5.69 Å². The van der Waals surface area contributed by atoms with Gasteiger partial charge in [-0.3, -0.25) is 0 Å². The number of halogens is 1. The Morgan fingerprint density at radius 2 is 2.00 bits per heavy atom. The molecule has 1 aliphatic heterocycles. The van der Waals surface area contributed by atoms with Crippen LogP contribution < -0.4 is 5.32 Å². The molecule has 1 aliphatic rings. The average Bonchev–Trinajstić information content (AvgIpc) is 2.77. The van der Waals surface area contributed by atoms with Crippen LogP contribution in [-0.2, 0) is 0 Å². The van der Waals surface area contributed by atoms with E-state index in [0.29, 0.717) is 6.04 Å². The maximum atomic E-state index is 3.69. The normalized spacial score (nSPS) is 17.3. The molecule has 1 heterocycles. The van der Waals surface area contributed by atoms with Crippen LogP contribution in [0.15, 0.2) is 45.8 Å². The van der Waals surface area contributed by atoms with Gasteiger partial charge in [-0.15, -0.1) is 11.8 Å². The van der Waals surface area contributed by atoms with Gasteiger partial charge in [0, 0.05) is 15.1 Å². The third-order valence-corrected chi connectivity index (χ3v) is 5.26. The highest BCUT2D eigenvalue weighted by atomic mass is 79.9. The lowest BCUT2D eigenvalue weighted by Crippen LogP contribution is -2.11. The molecule has 0 amide bonds. The molecule has 0 aromatic heterocycles. The molecule has 0 spiro atoms. The van der Waals surface area contributed by atoms with Crippen molar-refractivity contribution >= 4 is 33.4 Å². The molecule has 3 rings (SSSR count). The van der Waals surface area contributed by atoms with Crippen molar-refractivity contribution in [2.45, 2.75) is 24.8 Å². The SMILES string of the molecule is Cc1cc(C)c(NC2CSc3ccccc32)c(Br)c1. The minimum absolute atomic E-state index is 0.402. The lowest BCUT2D eigenvalue weighted by molar-refractivity contribution is 0.896. The van der Waals surface area contributed by atoms with Crippen LogP contribution in [0, 0.1) is 13.8 Å². The van der Waals surface area contributed by atoms with Gasteiger partial charge in [0.2, 0.25) is 0 Å². The summed E-state index contributed by atoms with van der Waals surface area (Å²) in [5.41, 5.74) is 5.21. The fourth-order valence-electron chi connectivity index (χ4n) is 2.55. The van der Waals surface area contributed by atoms with E-state index in [4.69, 9.17) is 0 Å². The molecule has 1 unspecified atom stereocenters. The maximum absolute atomic E-state index is 3.69. The van der Waals surface area contributed by atoms with Crippen molar-refractivity contribution in [1.29, 1.82) is 0 Å². The zero-order chi connectivity index (χ0) is 13.4. The highest BCUT2D eigenvalue weighted by Gasteiger charge is 2.23. The topological polar surface area (TPSA) is 12.0 Å². The summed E-state index contributed by atoms with van der Waals surface area (Å²) in [4.78, 5) is 1.40. The predicted octanol–water partition coefficient (Wildman–Crippen LogP) is 5.32. The number of anilines is 1. The first kappa shape index (κ1) is 13.1. The second kappa shape index (κ2) is 5.22. The number of hydrogen-bond donors (Lipinski definition) is 1.